The van der Waals surface area contributed by atoms with Gasteiger partial charge in [0, 0.05) is 18.8 Å². The number of hydrogen-bond acceptors (Lipinski definition) is 3. The average molecular weight is 255 g/mol. The SMILES string of the molecule is CCC(Cc1ccccc1)NCc1ccnc(C)n1. The normalized spacial score (nSPS) is 12.3. The van der Waals surface area contributed by atoms with Crippen LogP contribution < -0.4 is 5.32 Å². The highest BCUT2D eigenvalue weighted by molar-refractivity contribution is 5.16. The van der Waals surface area contributed by atoms with Gasteiger partial charge in [0.2, 0.25) is 0 Å². The van der Waals surface area contributed by atoms with Crippen molar-refractivity contribution < 1.29 is 0 Å². The van der Waals surface area contributed by atoms with Gasteiger partial charge >= 0.3 is 0 Å². The number of nitrogens with zero attached hydrogens (tertiary/aromatic N) is 2. The lowest BCUT2D eigenvalue weighted by atomic mass is 10.0. The van der Waals surface area contributed by atoms with Crippen molar-refractivity contribution in [1.82, 2.24) is 15.3 Å². The molecule has 0 radical (unpaired) electrons. The summed E-state index contributed by atoms with van der Waals surface area (Å²) in [5.74, 6) is 0.829. The van der Waals surface area contributed by atoms with Crippen LogP contribution in [-0.2, 0) is 13.0 Å². The predicted octanol–water partition coefficient (Wildman–Crippen LogP) is 2.90. The van der Waals surface area contributed by atoms with Crippen molar-refractivity contribution in [2.45, 2.75) is 39.3 Å². The van der Waals surface area contributed by atoms with Gasteiger partial charge < -0.3 is 5.32 Å². The summed E-state index contributed by atoms with van der Waals surface area (Å²) in [4.78, 5) is 8.53. The molecule has 1 heterocycles. The van der Waals surface area contributed by atoms with Crippen molar-refractivity contribution in [3.8, 4) is 0 Å². The monoisotopic (exact) mass is 255 g/mol. The number of rotatable bonds is 6. The van der Waals surface area contributed by atoms with Crippen LogP contribution in [0.4, 0.5) is 0 Å². The molecule has 100 valence electrons. The molecular formula is C16H21N3. The number of benzene rings is 1. The van der Waals surface area contributed by atoms with E-state index in [0.717, 1.165) is 30.9 Å². The molecule has 0 aliphatic rings. The zero-order valence-electron chi connectivity index (χ0n) is 11.6. The van der Waals surface area contributed by atoms with Gasteiger partial charge in [-0.15, -0.1) is 0 Å². The maximum Gasteiger partial charge on any atom is 0.125 e. The van der Waals surface area contributed by atoms with Crippen LogP contribution in [0.25, 0.3) is 0 Å². The van der Waals surface area contributed by atoms with Crippen molar-refractivity contribution in [3.05, 3.63) is 59.7 Å². The van der Waals surface area contributed by atoms with Gasteiger partial charge in [-0.3, -0.25) is 0 Å². The van der Waals surface area contributed by atoms with Crippen LogP contribution in [0, 0.1) is 6.92 Å². The van der Waals surface area contributed by atoms with Crippen LogP contribution in [0.2, 0.25) is 0 Å². The Morgan fingerprint density at radius 3 is 2.63 bits per heavy atom. The first-order chi connectivity index (χ1) is 9.28. The molecule has 1 unspecified atom stereocenters. The zero-order chi connectivity index (χ0) is 13.5. The molecule has 19 heavy (non-hydrogen) atoms. The molecule has 0 spiro atoms. The topological polar surface area (TPSA) is 37.8 Å². The van der Waals surface area contributed by atoms with Crippen LogP contribution in [0.3, 0.4) is 0 Å². The summed E-state index contributed by atoms with van der Waals surface area (Å²) in [6.45, 7) is 4.94. The average Bonchev–Trinajstić information content (AvgIpc) is 2.44. The molecule has 0 aliphatic carbocycles. The lowest BCUT2D eigenvalue weighted by Crippen LogP contribution is -2.30. The van der Waals surface area contributed by atoms with E-state index >= 15 is 0 Å². The quantitative estimate of drug-likeness (QED) is 0.862. The van der Waals surface area contributed by atoms with Gasteiger partial charge in [0.1, 0.15) is 5.82 Å². The first-order valence-electron chi connectivity index (χ1n) is 6.83. The molecule has 0 fully saturated rings. The van der Waals surface area contributed by atoms with Crippen LogP contribution in [0.15, 0.2) is 42.6 Å². The van der Waals surface area contributed by atoms with Gasteiger partial charge in [-0.2, -0.15) is 0 Å². The van der Waals surface area contributed by atoms with Crippen LogP contribution in [0.5, 0.6) is 0 Å². The van der Waals surface area contributed by atoms with Gasteiger partial charge in [0.15, 0.2) is 0 Å². The summed E-state index contributed by atoms with van der Waals surface area (Å²) < 4.78 is 0. The maximum absolute atomic E-state index is 4.41. The molecule has 3 heteroatoms. The van der Waals surface area contributed by atoms with Crippen molar-refractivity contribution >= 4 is 0 Å². The van der Waals surface area contributed by atoms with Crippen LogP contribution >= 0.6 is 0 Å². The van der Waals surface area contributed by atoms with Crippen molar-refractivity contribution in [3.63, 3.8) is 0 Å². The predicted molar refractivity (Wildman–Crippen MR) is 77.8 cm³/mol. The van der Waals surface area contributed by atoms with Crippen molar-refractivity contribution in [2.24, 2.45) is 0 Å². The number of aromatic nitrogens is 2. The van der Waals surface area contributed by atoms with Gasteiger partial charge in [-0.1, -0.05) is 37.3 Å². The fourth-order valence-corrected chi connectivity index (χ4v) is 2.11. The van der Waals surface area contributed by atoms with E-state index in [1.54, 1.807) is 0 Å². The molecule has 0 saturated carbocycles. The Balaban J connectivity index is 1.89. The molecule has 1 atom stereocenters. The minimum absolute atomic E-state index is 0.484. The molecule has 0 aliphatic heterocycles. The maximum atomic E-state index is 4.41. The zero-order valence-corrected chi connectivity index (χ0v) is 11.6. The number of nitrogens with one attached hydrogen (secondary N) is 1. The highest BCUT2D eigenvalue weighted by Crippen LogP contribution is 2.06. The Labute approximate surface area is 115 Å². The molecule has 2 rings (SSSR count). The lowest BCUT2D eigenvalue weighted by molar-refractivity contribution is 0.489. The highest BCUT2D eigenvalue weighted by atomic mass is 14.9. The minimum Gasteiger partial charge on any atom is -0.308 e. The summed E-state index contributed by atoms with van der Waals surface area (Å²) >= 11 is 0. The van der Waals surface area contributed by atoms with E-state index in [-0.39, 0.29) is 0 Å². The first-order valence-corrected chi connectivity index (χ1v) is 6.83. The van der Waals surface area contributed by atoms with Crippen LogP contribution in [0.1, 0.15) is 30.4 Å². The summed E-state index contributed by atoms with van der Waals surface area (Å²) in [5, 5.41) is 3.57. The number of aryl methyl sites for hydroxylation is 1. The Morgan fingerprint density at radius 1 is 1.16 bits per heavy atom. The molecule has 1 aromatic heterocycles. The summed E-state index contributed by atoms with van der Waals surface area (Å²) in [6.07, 6.45) is 3.98. The summed E-state index contributed by atoms with van der Waals surface area (Å²) in [5.41, 5.74) is 2.43. The van der Waals surface area contributed by atoms with E-state index in [2.05, 4.69) is 52.5 Å². The number of hydrogen-bond donors (Lipinski definition) is 1. The molecule has 0 amide bonds. The van der Waals surface area contributed by atoms with E-state index in [1.807, 2.05) is 19.2 Å². The van der Waals surface area contributed by atoms with Crippen molar-refractivity contribution in [1.29, 1.82) is 0 Å². The van der Waals surface area contributed by atoms with Gasteiger partial charge in [0.05, 0.1) is 5.69 Å². The third kappa shape index (κ3) is 4.45. The molecular weight excluding hydrogens is 234 g/mol. The minimum atomic E-state index is 0.484. The second-order valence-electron chi connectivity index (χ2n) is 4.77. The molecule has 0 bridgehead atoms. The lowest BCUT2D eigenvalue weighted by Gasteiger charge is -2.16. The second-order valence-corrected chi connectivity index (χ2v) is 4.77. The first kappa shape index (κ1) is 13.7. The fraction of sp³-hybridized carbons (Fsp3) is 0.375. The van der Waals surface area contributed by atoms with E-state index in [0.29, 0.717) is 6.04 Å². The van der Waals surface area contributed by atoms with Gasteiger partial charge in [0.25, 0.3) is 0 Å². The summed E-state index contributed by atoms with van der Waals surface area (Å²) in [7, 11) is 0. The largest absolute Gasteiger partial charge is 0.308 e. The molecule has 1 N–H and O–H groups in total. The van der Waals surface area contributed by atoms with Gasteiger partial charge in [-0.25, -0.2) is 9.97 Å². The molecule has 3 nitrogen and oxygen atoms in total. The van der Waals surface area contributed by atoms with E-state index in [9.17, 15) is 0 Å². The fourth-order valence-electron chi connectivity index (χ4n) is 2.11. The molecule has 2 aromatic rings. The Morgan fingerprint density at radius 2 is 1.95 bits per heavy atom. The Kier molecular flexibility index (Phi) is 5.04. The second kappa shape index (κ2) is 7.00. The standard InChI is InChI=1S/C16H21N3/c1-3-15(11-14-7-5-4-6-8-14)18-12-16-9-10-17-13(2)19-16/h4-10,15,18H,3,11-12H2,1-2H3. The smallest absolute Gasteiger partial charge is 0.125 e. The van der Waals surface area contributed by atoms with Crippen LogP contribution in [-0.4, -0.2) is 16.0 Å². The Bertz CT molecular complexity index is 496. The van der Waals surface area contributed by atoms with E-state index in [1.165, 1.54) is 5.56 Å². The van der Waals surface area contributed by atoms with E-state index in [4.69, 9.17) is 0 Å². The van der Waals surface area contributed by atoms with Gasteiger partial charge in [-0.05, 0) is 31.4 Å². The van der Waals surface area contributed by atoms with E-state index < -0.39 is 0 Å². The Hall–Kier alpha value is -1.74. The highest BCUT2D eigenvalue weighted by Gasteiger charge is 2.07. The molecule has 0 saturated heterocycles. The molecule has 1 aromatic carbocycles. The van der Waals surface area contributed by atoms with Crippen molar-refractivity contribution in [2.75, 3.05) is 0 Å². The summed E-state index contributed by atoms with van der Waals surface area (Å²) in [6, 6.07) is 13.1. The third-order valence-corrected chi connectivity index (χ3v) is 3.22. The third-order valence-electron chi connectivity index (χ3n) is 3.22.